The number of aliphatic hydroxyl groups excluding tert-OH is 1. The lowest BCUT2D eigenvalue weighted by Gasteiger charge is -2.33. The van der Waals surface area contributed by atoms with E-state index in [1.807, 2.05) is 18.3 Å². The van der Waals surface area contributed by atoms with Gasteiger partial charge in [0.2, 0.25) is 0 Å². The molecule has 2 aromatic carbocycles. The van der Waals surface area contributed by atoms with Crippen molar-refractivity contribution in [1.29, 1.82) is 0 Å². The summed E-state index contributed by atoms with van der Waals surface area (Å²) in [7, 11) is 0. The van der Waals surface area contributed by atoms with Gasteiger partial charge in [0.15, 0.2) is 5.82 Å². The van der Waals surface area contributed by atoms with E-state index in [0.29, 0.717) is 22.5 Å². The van der Waals surface area contributed by atoms with Gasteiger partial charge in [-0.1, -0.05) is 12.1 Å². The van der Waals surface area contributed by atoms with Gasteiger partial charge in [-0.05, 0) is 66.6 Å². The molecule has 0 saturated heterocycles. The van der Waals surface area contributed by atoms with Crippen LogP contribution in [0.3, 0.4) is 0 Å². The number of nitrogens with one attached hydrogen (secondary N) is 2. The molecule has 1 aromatic heterocycles. The third-order valence-corrected chi connectivity index (χ3v) is 6.36. The van der Waals surface area contributed by atoms with Gasteiger partial charge in [-0.3, -0.25) is 9.48 Å². The zero-order chi connectivity index (χ0) is 23.9. The van der Waals surface area contributed by atoms with E-state index in [4.69, 9.17) is 11.6 Å². The number of halogens is 3. The number of carbonyl (C=O) groups excluding carboxylic acids is 1. The van der Waals surface area contributed by atoms with Gasteiger partial charge < -0.3 is 20.5 Å². The van der Waals surface area contributed by atoms with Crippen molar-refractivity contribution in [2.45, 2.75) is 30.9 Å². The average molecular weight is 489 g/mol. The van der Waals surface area contributed by atoms with Crippen LogP contribution in [0.15, 0.2) is 48.7 Å². The standard InChI is InChI=1S/C24H23ClF2N4O3/c25-24(26,27)34-19-4-1-15(2-5-19)20-12-31(18-9-14(10-18)13-32)30-22(20)29-23(33)17-3-6-21-16(11-17)7-8-28-21/h1-6,11-12,14,18,28,32H,7-10,13H2,(H,29,30,33). The smallest absolute Gasteiger partial charge is 0.420 e. The minimum Gasteiger partial charge on any atom is -0.420 e. The van der Waals surface area contributed by atoms with Crippen molar-refractivity contribution in [3.05, 3.63) is 59.8 Å². The minimum absolute atomic E-state index is 0.0849. The molecule has 10 heteroatoms. The Bertz CT molecular complexity index is 1200. The molecule has 0 spiro atoms. The van der Waals surface area contributed by atoms with Crippen LogP contribution in [0.1, 0.15) is 34.8 Å². The Kier molecular flexibility index (Phi) is 5.91. The molecule has 1 aliphatic carbocycles. The van der Waals surface area contributed by atoms with Crippen molar-refractivity contribution in [2.75, 3.05) is 23.8 Å². The second kappa shape index (κ2) is 8.88. The number of rotatable bonds is 7. The van der Waals surface area contributed by atoms with Crippen LogP contribution in [-0.4, -0.2) is 39.5 Å². The Hall–Kier alpha value is -3.17. The summed E-state index contributed by atoms with van der Waals surface area (Å²) in [6.07, 6.45) is 4.27. The third kappa shape index (κ3) is 4.71. The van der Waals surface area contributed by atoms with E-state index in [-0.39, 0.29) is 30.2 Å². The highest BCUT2D eigenvalue weighted by Gasteiger charge is 2.32. The van der Waals surface area contributed by atoms with Gasteiger partial charge in [-0.25, -0.2) is 0 Å². The summed E-state index contributed by atoms with van der Waals surface area (Å²) in [6, 6.07) is 11.6. The molecule has 2 heterocycles. The van der Waals surface area contributed by atoms with E-state index in [9.17, 15) is 18.7 Å². The van der Waals surface area contributed by atoms with E-state index in [1.54, 1.807) is 22.9 Å². The van der Waals surface area contributed by atoms with Crippen LogP contribution in [0.4, 0.5) is 20.3 Å². The summed E-state index contributed by atoms with van der Waals surface area (Å²) < 4.78 is 32.1. The zero-order valence-corrected chi connectivity index (χ0v) is 18.9. The molecule has 2 aliphatic rings. The quantitative estimate of drug-likeness (QED) is 0.412. The number of aliphatic hydroxyl groups is 1. The lowest BCUT2D eigenvalue weighted by Crippen LogP contribution is -2.29. The van der Waals surface area contributed by atoms with Crippen molar-refractivity contribution in [1.82, 2.24) is 9.78 Å². The summed E-state index contributed by atoms with van der Waals surface area (Å²) in [5.74, 6) is 0.236. The predicted molar refractivity (Wildman–Crippen MR) is 125 cm³/mol. The number of carbonyl (C=O) groups is 1. The zero-order valence-electron chi connectivity index (χ0n) is 18.1. The second-order valence-corrected chi connectivity index (χ2v) is 9.06. The molecule has 0 bridgehead atoms. The largest absolute Gasteiger partial charge is 0.487 e. The molecule has 1 aliphatic heterocycles. The highest BCUT2D eigenvalue weighted by molar-refractivity contribution is 6.20. The molecular formula is C24H23ClF2N4O3. The van der Waals surface area contributed by atoms with E-state index >= 15 is 0 Å². The molecule has 7 nitrogen and oxygen atoms in total. The van der Waals surface area contributed by atoms with Crippen molar-refractivity contribution in [3.8, 4) is 16.9 Å². The van der Waals surface area contributed by atoms with Crippen molar-refractivity contribution >= 4 is 29.0 Å². The summed E-state index contributed by atoms with van der Waals surface area (Å²) in [5.41, 5.74) is 0.171. The number of aromatic nitrogens is 2. The van der Waals surface area contributed by atoms with Crippen LogP contribution in [0.25, 0.3) is 11.1 Å². The number of fused-ring (bicyclic) bond motifs is 1. The van der Waals surface area contributed by atoms with Crippen LogP contribution in [0.2, 0.25) is 0 Å². The predicted octanol–water partition coefficient (Wildman–Crippen LogP) is 4.88. The number of ether oxygens (including phenoxy) is 1. The number of benzene rings is 2. The molecule has 0 unspecified atom stereocenters. The molecular weight excluding hydrogens is 466 g/mol. The number of nitrogens with zero attached hydrogens (tertiary/aromatic N) is 2. The number of anilines is 2. The first-order valence-electron chi connectivity index (χ1n) is 11.0. The fourth-order valence-electron chi connectivity index (χ4n) is 4.41. The molecule has 5 rings (SSSR count). The molecule has 3 N–H and O–H groups in total. The number of amides is 1. The highest BCUT2D eigenvalue weighted by atomic mass is 35.5. The van der Waals surface area contributed by atoms with Crippen LogP contribution < -0.4 is 15.4 Å². The van der Waals surface area contributed by atoms with Crippen molar-refractivity contribution < 1.29 is 23.4 Å². The van der Waals surface area contributed by atoms with E-state index in [1.165, 1.54) is 12.1 Å². The van der Waals surface area contributed by atoms with Crippen molar-refractivity contribution in [2.24, 2.45) is 5.92 Å². The Morgan fingerprint density at radius 2 is 2.03 bits per heavy atom. The van der Waals surface area contributed by atoms with Gasteiger partial charge in [0.05, 0.1) is 6.04 Å². The van der Waals surface area contributed by atoms with Crippen LogP contribution in [0.5, 0.6) is 5.75 Å². The number of alkyl halides is 3. The molecule has 1 saturated carbocycles. The van der Waals surface area contributed by atoms with Gasteiger partial charge >= 0.3 is 5.57 Å². The maximum Gasteiger partial charge on any atom is 0.487 e. The van der Waals surface area contributed by atoms with Crippen LogP contribution in [0, 0.1) is 5.92 Å². The highest BCUT2D eigenvalue weighted by Crippen LogP contribution is 2.39. The molecule has 178 valence electrons. The summed E-state index contributed by atoms with van der Waals surface area (Å²) in [4.78, 5) is 13.0. The summed E-state index contributed by atoms with van der Waals surface area (Å²) in [6.45, 7) is 0.981. The van der Waals surface area contributed by atoms with Gasteiger partial charge in [-0.15, -0.1) is 8.78 Å². The maximum absolute atomic E-state index is 13.0. The first kappa shape index (κ1) is 22.6. The third-order valence-electron chi connectivity index (χ3n) is 6.28. The fraction of sp³-hybridized carbons (Fsp3) is 0.333. The summed E-state index contributed by atoms with van der Waals surface area (Å²) in [5, 5.41) is 20.1. The average Bonchev–Trinajstić information content (AvgIpc) is 3.39. The monoisotopic (exact) mass is 488 g/mol. The molecule has 1 fully saturated rings. The number of hydrogen-bond donors (Lipinski definition) is 3. The SMILES string of the molecule is O=C(Nc1nn(C2CC(CO)C2)cc1-c1ccc(OC(F)(F)Cl)cc1)c1ccc2c(c1)CCN2. The van der Waals surface area contributed by atoms with E-state index in [0.717, 1.165) is 37.1 Å². The molecule has 3 aromatic rings. The normalized spacial score (nSPS) is 19.2. The van der Waals surface area contributed by atoms with E-state index < -0.39 is 5.57 Å². The van der Waals surface area contributed by atoms with Gasteiger partial charge in [-0.2, -0.15) is 5.10 Å². The molecule has 0 atom stereocenters. The Balaban J connectivity index is 1.42. The Morgan fingerprint density at radius 1 is 1.26 bits per heavy atom. The Labute approximate surface area is 199 Å². The molecule has 1 amide bonds. The Morgan fingerprint density at radius 3 is 2.74 bits per heavy atom. The first-order valence-corrected chi connectivity index (χ1v) is 11.4. The summed E-state index contributed by atoms with van der Waals surface area (Å²) >= 11 is 4.85. The minimum atomic E-state index is -3.80. The maximum atomic E-state index is 13.0. The fourth-order valence-corrected chi connectivity index (χ4v) is 4.50. The van der Waals surface area contributed by atoms with Gasteiger partial charge in [0.25, 0.3) is 5.91 Å². The molecule has 34 heavy (non-hydrogen) atoms. The van der Waals surface area contributed by atoms with Crippen LogP contribution >= 0.6 is 11.6 Å². The first-order chi connectivity index (χ1) is 16.3. The van der Waals surface area contributed by atoms with Crippen LogP contribution in [-0.2, 0) is 6.42 Å². The van der Waals surface area contributed by atoms with E-state index in [2.05, 4.69) is 20.5 Å². The van der Waals surface area contributed by atoms with Gasteiger partial charge in [0, 0.05) is 47.8 Å². The van der Waals surface area contributed by atoms with Crippen molar-refractivity contribution in [3.63, 3.8) is 0 Å². The number of hydrogen-bond acceptors (Lipinski definition) is 5. The topological polar surface area (TPSA) is 88.4 Å². The second-order valence-electron chi connectivity index (χ2n) is 8.62. The molecule has 0 radical (unpaired) electrons. The lowest BCUT2D eigenvalue weighted by molar-refractivity contribution is -0.0964. The van der Waals surface area contributed by atoms with Gasteiger partial charge in [0.1, 0.15) is 5.75 Å². The lowest BCUT2D eigenvalue weighted by atomic mass is 9.81.